The van der Waals surface area contributed by atoms with Gasteiger partial charge in [0.15, 0.2) is 5.72 Å². The SMILES string of the molecule is CC12CC(NC(=O)N1c1cccc(C(=O)NCCc3ccccc3)c1)c1ccccc1O2. The Labute approximate surface area is 187 Å². The lowest BCUT2D eigenvalue weighted by molar-refractivity contribution is 0.0378. The number of carbonyl (C=O) groups is 2. The van der Waals surface area contributed by atoms with E-state index in [9.17, 15) is 9.59 Å². The molecule has 32 heavy (non-hydrogen) atoms. The van der Waals surface area contributed by atoms with Crippen LogP contribution in [0.3, 0.4) is 0 Å². The highest BCUT2D eigenvalue weighted by Crippen LogP contribution is 2.45. The lowest BCUT2D eigenvalue weighted by atomic mass is 9.90. The van der Waals surface area contributed by atoms with Gasteiger partial charge in [-0.15, -0.1) is 0 Å². The summed E-state index contributed by atoms with van der Waals surface area (Å²) >= 11 is 0. The Balaban J connectivity index is 1.35. The van der Waals surface area contributed by atoms with Crippen LogP contribution in [-0.4, -0.2) is 24.2 Å². The summed E-state index contributed by atoms with van der Waals surface area (Å²) in [6.45, 7) is 2.46. The predicted octanol–water partition coefficient (Wildman–Crippen LogP) is 4.43. The number of hydrogen-bond donors (Lipinski definition) is 2. The van der Waals surface area contributed by atoms with Crippen molar-refractivity contribution in [1.82, 2.24) is 10.6 Å². The number of hydrogen-bond acceptors (Lipinski definition) is 3. The van der Waals surface area contributed by atoms with Gasteiger partial charge in [0.05, 0.1) is 11.7 Å². The predicted molar refractivity (Wildman–Crippen MR) is 123 cm³/mol. The molecule has 5 rings (SSSR count). The largest absolute Gasteiger partial charge is 0.467 e. The van der Waals surface area contributed by atoms with Crippen molar-refractivity contribution in [1.29, 1.82) is 0 Å². The Bertz CT molecular complexity index is 1160. The summed E-state index contributed by atoms with van der Waals surface area (Å²) in [4.78, 5) is 27.4. The van der Waals surface area contributed by atoms with E-state index in [0.29, 0.717) is 24.2 Å². The van der Waals surface area contributed by atoms with Gasteiger partial charge in [-0.3, -0.25) is 9.69 Å². The van der Waals surface area contributed by atoms with Gasteiger partial charge < -0.3 is 15.4 Å². The zero-order chi connectivity index (χ0) is 22.1. The van der Waals surface area contributed by atoms with Gasteiger partial charge in [0.25, 0.3) is 5.91 Å². The van der Waals surface area contributed by atoms with Gasteiger partial charge in [-0.1, -0.05) is 54.6 Å². The molecule has 3 aromatic carbocycles. The maximum atomic E-state index is 13.1. The second-order valence-corrected chi connectivity index (χ2v) is 8.40. The van der Waals surface area contributed by atoms with E-state index in [-0.39, 0.29) is 18.0 Å². The van der Waals surface area contributed by atoms with Crippen LogP contribution in [0.25, 0.3) is 0 Å². The average Bonchev–Trinajstić information content (AvgIpc) is 2.79. The molecule has 3 amide bonds. The molecule has 0 spiro atoms. The number of anilines is 1. The van der Waals surface area contributed by atoms with Gasteiger partial charge in [-0.2, -0.15) is 0 Å². The normalized spacial score (nSPS) is 21.2. The highest BCUT2D eigenvalue weighted by atomic mass is 16.5. The summed E-state index contributed by atoms with van der Waals surface area (Å²) in [5.74, 6) is 0.601. The third kappa shape index (κ3) is 3.68. The van der Waals surface area contributed by atoms with Crippen LogP contribution in [-0.2, 0) is 6.42 Å². The molecule has 0 aromatic heterocycles. The van der Waals surface area contributed by atoms with Crippen LogP contribution >= 0.6 is 0 Å². The van der Waals surface area contributed by atoms with Gasteiger partial charge in [-0.05, 0) is 43.2 Å². The topological polar surface area (TPSA) is 70.7 Å². The van der Waals surface area contributed by atoms with Gasteiger partial charge in [-0.25, -0.2) is 4.79 Å². The standard InChI is InChI=1S/C26H25N3O3/c1-26-17-22(21-12-5-6-13-23(21)32-26)28-25(31)29(26)20-11-7-10-19(16-20)24(30)27-15-14-18-8-3-2-4-9-18/h2-13,16,22H,14-15,17H2,1H3,(H,27,30)(H,28,31). The molecule has 162 valence electrons. The molecule has 2 bridgehead atoms. The number of benzene rings is 3. The number of amides is 3. The lowest BCUT2D eigenvalue weighted by Gasteiger charge is -2.50. The van der Waals surface area contributed by atoms with Crippen molar-refractivity contribution in [2.45, 2.75) is 31.5 Å². The van der Waals surface area contributed by atoms with Crippen LogP contribution in [0.1, 0.15) is 40.9 Å². The second-order valence-electron chi connectivity index (χ2n) is 8.40. The molecule has 6 nitrogen and oxygen atoms in total. The molecule has 2 N–H and O–H groups in total. The van der Waals surface area contributed by atoms with Crippen LogP contribution in [0.15, 0.2) is 78.9 Å². The molecule has 2 aliphatic heterocycles. The molecular weight excluding hydrogens is 402 g/mol. The van der Waals surface area contributed by atoms with Crippen LogP contribution in [0, 0.1) is 0 Å². The number of nitrogens with zero attached hydrogens (tertiary/aromatic N) is 1. The molecule has 2 aliphatic rings. The lowest BCUT2D eigenvalue weighted by Crippen LogP contribution is -2.65. The van der Waals surface area contributed by atoms with E-state index in [1.807, 2.05) is 67.6 Å². The summed E-state index contributed by atoms with van der Waals surface area (Å²) in [5, 5.41) is 6.05. The number of para-hydroxylation sites is 1. The van der Waals surface area contributed by atoms with E-state index in [4.69, 9.17) is 4.74 Å². The fourth-order valence-electron chi connectivity index (χ4n) is 4.57. The number of nitrogens with one attached hydrogen (secondary N) is 2. The first-order valence-corrected chi connectivity index (χ1v) is 10.8. The monoisotopic (exact) mass is 427 g/mol. The number of rotatable bonds is 5. The molecule has 3 aromatic rings. The summed E-state index contributed by atoms with van der Waals surface area (Å²) in [6, 6.07) is 24.6. The van der Waals surface area contributed by atoms with Crippen molar-refractivity contribution in [3.8, 4) is 5.75 Å². The zero-order valence-electron chi connectivity index (χ0n) is 17.9. The highest BCUT2D eigenvalue weighted by Gasteiger charge is 2.49. The third-order valence-electron chi connectivity index (χ3n) is 6.09. The number of carbonyl (C=O) groups excluding carboxylic acids is 2. The first-order chi connectivity index (χ1) is 15.5. The fraction of sp³-hybridized carbons (Fsp3) is 0.231. The molecule has 0 saturated carbocycles. The molecule has 0 radical (unpaired) electrons. The van der Waals surface area contributed by atoms with Crippen LogP contribution in [0.2, 0.25) is 0 Å². The Morgan fingerprint density at radius 3 is 2.72 bits per heavy atom. The molecule has 6 heteroatoms. The van der Waals surface area contributed by atoms with E-state index in [2.05, 4.69) is 10.6 Å². The quantitative estimate of drug-likeness (QED) is 0.633. The number of urea groups is 1. The van der Waals surface area contributed by atoms with Crippen molar-refractivity contribution in [2.75, 3.05) is 11.4 Å². The molecule has 0 aliphatic carbocycles. The molecule has 2 heterocycles. The van der Waals surface area contributed by atoms with Gasteiger partial charge in [0.2, 0.25) is 0 Å². The van der Waals surface area contributed by atoms with Crippen molar-refractivity contribution in [3.05, 3.63) is 95.6 Å². The van der Waals surface area contributed by atoms with Crippen molar-refractivity contribution < 1.29 is 14.3 Å². The second kappa shape index (κ2) is 8.04. The Kier molecular flexibility index (Phi) is 5.05. The van der Waals surface area contributed by atoms with Gasteiger partial charge in [0, 0.05) is 24.1 Å². The van der Waals surface area contributed by atoms with Crippen LogP contribution in [0.4, 0.5) is 10.5 Å². The van der Waals surface area contributed by atoms with Crippen molar-refractivity contribution >= 4 is 17.6 Å². The van der Waals surface area contributed by atoms with Crippen LogP contribution in [0.5, 0.6) is 5.75 Å². The van der Waals surface area contributed by atoms with Gasteiger partial charge in [0.1, 0.15) is 5.75 Å². The summed E-state index contributed by atoms with van der Waals surface area (Å²) < 4.78 is 6.31. The zero-order valence-corrected chi connectivity index (χ0v) is 17.9. The summed E-state index contributed by atoms with van der Waals surface area (Å²) in [7, 11) is 0. The van der Waals surface area contributed by atoms with Crippen molar-refractivity contribution in [3.63, 3.8) is 0 Å². The summed E-state index contributed by atoms with van der Waals surface area (Å²) in [5.41, 5.74) is 2.45. The van der Waals surface area contributed by atoms with E-state index in [0.717, 1.165) is 17.7 Å². The summed E-state index contributed by atoms with van der Waals surface area (Å²) in [6.07, 6.45) is 1.37. The Morgan fingerprint density at radius 2 is 1.88 bits per heavy atom. The third-order valence-corrected chi connectivity index (χ3v) is 6.09. The molecular formula is C26H25N3O3. The Hall–Kier alpha value is -3.80. The smallest absolute Gasteiger partial charge is 0.325 e. The highest BCUT2D eigenvalue weighted by molar-refractivity contribution is 5.99. The maximum absolute atomic E-state index is 13.1. The van der Waals surface area contributed by atoms with E-state index < -0.39 is 5.72 Å². The minimum Gasteiger partial charge on any atom is -0.467 e. The fourth-order valence-corrected chi connectivity index (χ4v) is 4.57. The maximum Gasteiger partial charge on any atom is 0.325 e. The molecule has 1 fully saturated rings. The first kappa shape index (κ1) is 20.1. The molecule has 2 atom stereocenters. The number of ether oxygens (including phenoxy) is 1. The minimum atomic E-state index is -0.843. The average molecular weight is 428 g/mol. The minimum absolute atomic E-state index is 0.0989. The first-order valence-electron chi connectivity index (χ1n) is 10.8. The molecule has 2 unspecified atom stereocenters. The van der Waals surface area contributed by atoms with Crippen molar-refractivity contribution in [2.24, 2.45) is 0 Å². The van der Waals surface area contributed by atoms with E-state index in [1.54, 1.807) is 23.1 Å². The Morgan fingerprint density at radius 1 is 1.09 bits per heavy atom. The van der Waals surface area contributed by atoms with E-state index in [1.165, 1.54) is 5.56 Å². The molecule has 1 saturated heterocycles. The number of fused-ring (bicyclic) bond motifs is 4. The van der Waals surface area contributed by atoms with E-state index >= 15 is 0 Å². The van der Waals surface area contributed by atoms with Crippen LogP contribution < -0.4 is 20.3 Å². The van der Waals surface area contributed by atoms with Gasteiger partial charge >= 0.3 is 6.03 Å².